The van der Waals surface area contributed by atoms with Gasteiger partial charge in [-0.15, -0.1) is 12.4 Å². The van der Waals surface area contributed by atoms with Crippen LogP contribution in [0.15, 0.2) is 24.3 Å². The molecule has 128 valence electrons. The van der Waals surface area contributed by atoms with E-state index in [0.29, 0.717) is 24.6 Å². The van der Waals surface area contributed by atoms with Crippen molar-refractivity contribution in [1.29, 1.82) is 0 Å². The molecule has 1 aliphatic heterocycles. The van der Waals surface area contributed by atoms with Crippen molar-refractivity contribution in [3.63, 3.8) is 0 Å². The average Bonchev–Trinajstić information content (AvgIpc) is 2.96. The lowest BCUT2D eigenvalue weighted by Gasteiger charge is -2.17. The summed E-state index contributed by atoms with van der Waals surface area (Å²) in [5.74, 6) is 0.627. The van der Waals surface area contributed by atoms with Crippen LogP contribution in [-0.2, 0) is 4.79 Å². The summed E-state index contributed by atoms with van der Waals surface area (Å²) in [4.78, 5) is 24.5. The Morgan fingerprint density at radius 3 is 2.87 bits per heavy atom. The second kappa shape index (κ2) is 9.32. The van der Waals surface area contributed by atoms with Gasteiger partial charge in [0.2, 0.25) is 5.91 Å². The van der Waals surface area contributed by atoms with E-state index in [4.69, 9.17) is 0 Å². The molecule has 0 aromatic heterocycles. The molecule has 1 aromatic carbocycles. The van der Waals surface area contributed by atoms with Crippen LogP contribution in [0.4, 0.5) is 11.4 Å². The Morgan fingerprint density at radius 2 is 2.17 bits per heavy atom. The second-order valence-corrected chi connectivity index (χ2v) is 5.50. The normalized spacial score (nSPS) is 16.7. The molecule has 23 heavy (non-hydrogen) atoms. The number of carbonyl (C=O) groups is 1. The minimum absolute atomic E-state index is 0. The number of hydrogen-bond donors (Lipinski definition) is 2. The molecule has 0 bridgehead atoms. The Labute approximate surface area is 142 Å². The first-order valence-corrected chi connectivity index (χ1v) is 7.51. The molecule has 8 heteroatoms. The predicted molar refractivity (Wildman–Crippen MR) is 92.1 cm³/mol. The number of benzene rings is 1. The maximum absolute atomic E-state index is 12.1. The highest BCUT2D eigenvalue weighted by Crippen LogP contribution is 2.23. The number of likely N-dealkylation sites (tertiary alicyclic amines) is 1. The highest BCUT2D eigenvalue weighted by molar-refractivity contribution is 5.85. The Bertz CT molecular complexity index is 541. The van der Waals surface area contributed by atoms with Crippen LogP contribution in [0.2, 0.25) is 0 Å². The summed E-state index contributed by atoms with van der Waals surface area (Å²) in [5, 5.41) is 17.0. The number of anilines is 1. The van der Waals surface area contributed by atoms with E-state index in [1.807, 2.05) is 11.9 Å². The molecule has 1 saturated heterocycles. The van der Waals surface area contributed by atoms with E-state index in [9.17, 15) is 14.9 Å². The highest BCUT2D eigenvalue weighted by Gasteiger charge is 2.25. The van der Waals surface area contributed by atoms with Gasteiger partial charge in [0.05, 0.1) is 4.92 Å². The number of amides is 1. The summed E-state index contributed by atoms with van der Waals surface area (Å²) in [6, 6.07) is 6.47. The molecule has 7 nitrogen and oxygen atoms in total. The third kappa shape index (κ3) is 5.37. The van der Waals surface area contributed by atoms with Gasteiger partial charge >= 0.3 is 0 Å². The summed E-state index contributed by atoms with van der Waals surface area (Å²) in [7, 11) is 1.92. The van der Waals surface area contributed by atoms with Crippen molar-refractivity contribution >= 4 is 29.7 Å². The molecule has 0 radical (unpaired) electrons. The van der Waals surface area contributed by atoms with E-state index in [-0.39, 0.29) is 24.0 Å². The first kappa shape index (κ1) is 19.2. The van der Waals surface area contributed by atoms with Crippen molar-refractivity contribution in [3.05, 3.63) is 34.4 Å². The van der Waals surface area contributed by atoms with Crippen LogP contribution in [-0.4, -0.2) is 49.0 Å². The SMILES string of the molecule is CNCC1CCN(C(=O)CCNc2ccccc2[N+](=O)[O-])C1.Cl. The van der Waals surface area contributed by atoms with E-state index in [1.165, 1.54) is 6.07 Å². The Kier molecular flexibility index (Phi) is 7.77. The molecule has 0 spiro atoms. The first-order valence-electron chi connectivity index (χ1n) is 7.51. The number of para-hydroxylation sites is 2. The molecule has 1 heterocycles. The topological polar surface area (TPSA) is 87.5 Å². The molecule has 2 rings (SSSR count). The van der Waals surface area contributed by atoms with E-state index >= 15 is 0 Å². The summed E-state index contributed by atoms with van der Waals surface area (Å²) >= 11 is 0. The van der Waals surface area contributed by atoms with Crippen LogP contribution in [0.3, 0.4) is 0 Å². The van der Waals surface area contributed by atoms with Gasteiger partial charge < -0.3 is 15.5 Å². The number of halogens is 1. The van der Waals surface area contributed by atoms with Gasteiger partial charge in [0, 0.05) is 32.1 Å². The highest BCUT2D eigenvalue weighted by atomic mass is 35.5. The van der Waals surface area contributed by atoms with Gasteiger partial charge in [-0.2, -0.15) is 0 Å². The van der Waals surface area contributed by atoms with Crippen molar-refractivity contribution in [2.75, 3.05) is 38.5 Å². The lowest BCUT2D eigenvalue weighted by Crippen LogP contribution is -2.31. The van der Waals surface area contributed by atoms with Crippen LogP contribution in [0, 0.1) is 16.0 Å². The summed E-state index contributed by atoms with van der Waals surface area (Å²) in [5.41, 5.74) is 0.486. The fourth-order valence-corrected chi connectivity index (χ4v) is 2.76. The van der Waals surface area contributed by atoms with Crippen molar-refractivity contribution in [1.82, 2.24) is 10.2 Å². The molecule has 0 saturated carbocycles. The molecule has 1 atom stereocenters. The number of nitrogens with zero attached hydrogens (tertiary/aromatic N) is 2. The van der Waals surface area contributed by atoms with E-state index in [1.54, 1.807) is 18.2 Å². The zero-order chi connectivity index (χ0) is 15.9. The van der Waals surface area contributed by atoms with E-state index < -0.39 is 4.92 Å². The van der Waals surface area contributed by atoms with Crippen LogP contribution < -0.4 is 10.6 Å². The zero-order valence-corrected chi connectivity index (χ0v) is 14.0. The van der Waals surface area contributed by atoms with Gasteiger partial charge in [-0.05, 0) is 32.0 Å². The van der Waals surface area contributed by atoms with Gasteiger partial charge in [0.15, 0.2) is 0 Å². The minimum Gasteiger partial charge on any atom is -0.379 e. The molecule has 2 N–H and O–H groups in total. The van der Waals surface area contributed by atoms with Crippen LogP contribution in [0.25, 0.3) is 0 Å². The van der Waals surface area contributed by atoms with Crippen LogP contribution >= 0.6 is 12.4 Å². The Hall–Kier alpha value is -1.86. The third-order valence-electron chi connectivity index (χ3n) is 3.89. The molecule has 1 amide bonds. The van der Waals surface area contributed by atoms with E-state index in [2.05, 4.69) is 10.6 Å². The zero-order valence-electron chi connectivity index (χ0n) is 13.2. The second-order valence-electron chi connectivity index (χ2n) is 5.50. The number of carbonyl (C=O) groups excluding carboxylic acids is 1. The van der Waals surface area contributed by atoms with Crippen molar-refractivity contribution in [2.45, 2.75) is 12.8 Å². The molecular formula is C15H23ClN4O3. The monoisotopic (exact) mass is 342 g/mol. The van der Waals surface area contributed by atoms with Crippen LogP contribution in [0.5, 0.6) is 0 Å². The number of nitro groups is 1. The molecular weight excluding hydrogens is 320 g/mol. The molecule has 0 aliphatic carbocycles. The quantitative estimate of drug-likeness (QED) is 0.583. The number of rotatable bonds is 7. The molecule has 1 aliphatic rings. The molecule has 1 fully saturated rings. The smallest absolute Gasteiger partial charge is 0.292 e. The maximum atomic E-state index is 12.1. The lowest BCUT2D eigenvalue weighted by molar-refractivity contribution is -0.384. The van der Waals surface area contributed by atoms with Gasteiger partial charge in [0.1, 0.15) is 5.69 Å². The van der Waals surface area contributed by atoms with Gasteiger partial charge in [-0.1, -0.05) is 12.1 Å². The number of nitro benzene ring substituents is 1. The summed E-state index contributed by atoms with van der Waals surface area (Å²) < 4.78 is 0. The summed E-state index contributed by atoms with van der Waals surface area (Å²) in [6.07, 6.45) is 1.38. The predicted octanol–water partition coefficient (Wildman–Crippen LogP) is 1.89. The van der Waals surface area contributed by atoms with Crippen molar-refractivity contribution in [2.24, 2.45) is 5.92 Å². The third-order valence-corrected chi connectivity index (χ3v) is 3.89. The number of nitrogens with one attached hydrogen (secondary N) is 2. The fraction of sp³-hybridized carbons (Fsp3) is 0.533. The fourth-order valence-electron chi connectivity index (χ4n) is 2.76. The van der Waals surface area contributed by atoms with Gasteiger partial charge in [0.25, 0.3) is 5.69 Å². The van der Waals surface area contributed by atoms with Crippen molar-refractivity contribution < 1.29 is 9.72 Å². The Balaban J connectivity index is 0.00000264. The van der Waals surface area contributed by atoms with E-state index in [0.717, 1.165) is 26.1 Å². The van der Waals surface area contributed by atoms with Crippen LogP contribution in [0.1, 0.15) is 12.8 Å². The van der Waals surface area contributed by atoms with Gasteiger partial charge in [-0.25, -0.2) is 0 Å². The lowest BCUT2D eigenvalue weighted by atomic mass is 10.1. The largest absolute Gasteiger partial charge is 0.379 e. The standard InChI is InChI=1S/C15H22N4O3.ClH/c1-16-10-12-7-9-18(11-12)15(20)6-8-17-13-4-2-3-5-14(13)19(21)22;/h2-5,12,16-17H,6-11H2,1H3;1H. The first-order chi connectivity index (χ1) is 10.6. The van der Waals surface area contributed by atoms with Crippen molar-refractivity contribution in [3.8, 4) is 0 Å². The molecule has 1 unspecified atom stereocenters. The average molecular weight is 343 g/mol. The number of hydrogen-bond acceptors (Lipinski definition) is 5. The summed E-state index contributed by atoms with van der Waals surface area (Å²) in [6.45, 7) is 2.93. The Morgan fingerprint density at radius 1 is 1.43 bits per heavy atom. The maximum Gasteiger partial charge on any atom is 0.292 e. The van der Waals surface area contributed by atoms with Gasteiger partial charge in [-0.3, -0.25) is 14.9 Å². The minimum atomic E-state index is -0.424. The molecule has 1 aromatic rings.